The van der Waals surface area contributed by atoms with E-state index >= 15 is 0 Å². The second-order valence-corrected chi connectivity index (χ2v) is 4.52. The van der Waals surface area contributed by atoms with Gasteiger partial charge in [0.2, 0.25) is 12.2 Å². The number of rotatable bonds is 4. The molecule has 1 rings (SSSR count). The lowest BCUT2D eigenvalue weighted by Gasteiger charge is -2.10. The highest BCUT2D eigenvalue weighted by atomic mass is 127. The lowest BCUT2D eigenvalue weighted by molar-refractivity contribution is -0.119. The molecule has 0 aromatic heterocycles. The first-order valence-corrected chi connectivity index (χ1v) is 5.73. The predicted molar refractivity (Wildman–Crippen MR) is 67.8 cm³/mol. The van der Waals surface area contributed by atoms with E-state index in [9.17, 15) is 14.7 Å². The SMILES string of the molecule is CC(=O)NC([C]=O)Cc1ccc(O)c(I)c1. The van der Waals surface area contributed by atoms with Crippen molar-refractivity contribution in [3.63, 3.8) is 0 Å². The molecule has 1 atom stereocenters. The van der Waals surface area contributed by atoms with E-state index in [1.54, 1.807) is 24.5 Å². The standard InChI is InChI=1S/C11H11INO3/c1-7(15)13-9(6-14)4-8-2-3-11(16)10(12)5-8/h2-3,5,9,16H,4H2,1H3,(H,13,15). The highest BCUT2D eigenvalue weighted by Crippen LogP contribution is 2.20. The van der Waals surface area contributed by atoms with Crippen molar-refractivity contribution in [1.29, 1.82) is 0 Å². The summed E-state index contributed by atoms with van der Waals surface area (Å²) in [6.07, 6.45) is 2.14. The number of hydrogen-bond donors (Lipinski definition) is 2. The molecule has 85 valence electrons. The van der Waals surface area contributed by atoms with Gasteiger partial charge in [-0.3, -0.25) is 9.59 Å². The van der Waals surface area contributed by atoms with Crippen molar-refractivity contribution in [2.24, 2.45) is 0 Å². The molecule has 1 radical (unpaired) electrons. The smallest absolute Gasteiger partial charge is 0.223 e. The van der Waals surface area contributed by atoms with Crippen molar-refractivity contribution in [2.45, 2.75) is 19.4 Å². The summed E-state index contributed by atoms with van der Waals surface area (Å²) in [7, 11) is 0. The fraction of sp³-hybridized carbons (Fsp3) is 0.273. The van der Waals surface area contributed by atoms with Crippen molar-refractivity contribution < 1.29 is 14.7 Å². The van der Waals surface area contributed by atoms with Gasteiger partial charge in [0.1, 0.15) is 5.75 Å². The molecule has 0 aliphatic heterocycles. The molecule has 1 unspecified atom stereocenters. The van der Waals surface area contributed by atoms with Crippen LogP contribution in [0.15, 0.2) is 18.2 Å². The Morgan fingerprint density at radius 3 is 2.81 bits per heavy atom. The Bertz CT molecular complexity index is 406. The summed E-state index contributed by atoms with van der Waals surface area (Å²) in [6, 6.07) is 4.40. The van der Waals surface area contributed by atoms with E-state index in [0.717, 1.165) is 5.56 Å². The summed E-state index contributed by atoms with van der Waals surface area (Å²) in [5, 5.41) is 11.8. The van der Waals surface area contributed by atoms with Crippen LogP contribution in [0.3, 0.4) is 0 Å². The number of amides is 1. The Morgan fingerprint density at radius 1 is 1.62 bits per heavy atom. The van der Waals surface area contributed by atoms with Crippen molar-refractivity contribution in [3.05, 3.63) is 27.3 Å². The van der Waals surface area contributed by atoms with Gasteiger partial charge >= 0.3 is 0 Å². The van der Waals surface area contributed by atoms with Gasteiger partial charge in [-0.25, -0.2) is 0 Å². The number of carbonyl (C=O) groups excluding carboxylic acids is 2. The third-order valence-electron chi connectivity index (χ3n) is 1.97. The summed E-state index contributed by atoms with van der Waals surface area (Å²) in [6.45, 7) is 1.35. The van der Waals surface area contributed by atoms with Crippen LogP contribution in [-0.4, -0.2) is 23.3 Å². The minimum atomic E-state index is -0.641. The molecular weight excluding hydrogens is 321 g/mol. The minimum absolute atomic E-state index is 0.204. The van der Waals surface area contributed by atoms with Gasteiger partial charge in [-0.15, -0.1) is 0 Å². The molecule has 0 aliphatic rings. The molecule has 16 heavy (non-hydrogen) atoms. The summed E-state index contributed by atoms with van der Waals surface area (Å²) in [4.78, 5) is 21.4. The third-order valence-corrected chi connectivity index (χ3v) is 2.84. The zero-order chi connectivity index (χ0) is 12.1. The predicted octanol–water partition coefficient (Wildman–Crippen LogP) is 1.15. The Kier molecular flexibility index (Phi) is 4.72. The van der Waals surface area contributed by atoms with Gasteiger partial charge in [0.15, 0.2) is 0 Å². The first-order chi connectivity index (χ1) is 7.52. The van der Waals surface area contributed by atoms with Crippen LogP contribution in [0.25, 0.3) is 0 Å². The maximum Gasteiger partial charge on any atom is 0.223 e. The molecule has 0 fully saturated rings. The van der Waals surface area contributed by atoms with E-state index in [2.05, 4.69) is 5.32 Å². The van der Waals surface area contributed by atoms with Gasteiger partial charge in [0.05, 0.1) is 9.61 Å². The zero-order valence-electron chi connectivity index (χ0n) is 8.66. The van der Waals surface area contributed by atoms with Crippen LogP contribution in [0.2, 0.25) is 0 Å². The summed E-state index contributed by atoms with van der Waals surface area (Å²) >= 11 is 2.00. The van der Waals surface area contributed by atoms with Gasteiger partial charge in [-0.1, -0.05) is 6.07 Å². The lowest BCUT2D eigenvalue weighted by Crippen LogP contribution is -2.35. The van der Waals surface area contributed by atoms with E-state index in [0.29, 0.717) is 9.99 Å². The highest BCUT2D eigenvalue weighted by molar-refractivity contribution is 14.1. The van der Waals surface area contributed by atoms with Crippen molar-refractivity contribution in [3.8, 4) is 5.75 Å². The Hall–Kier alpha value is -1.11. The van der Waals surface area contributed by atoms with Gasteiger partial charge in [0.25, 0.3) is 0 Å². The molecule has 4 nitrogen and oxygen atoms in total. The molecule has 0 bridgehead atoms. The third kappa shape index (κ3) is 3.80. The fourth-order valence-corrected chi connectivity index (χ4v) is 1.86. The molecule has 0 saturated carbocycles. The minimum Gasteiger partial charge on any atom is -0.507 e. The summed E-state index contributed by atoms with van der Waals surface area (Å²) in [5.74, 6) is -0.0580. The monoisotopic (exact) mass is 332 g/mol. The Morgan fingerprint density at radius 2 is 2.31 bits per heavy atom. The van der Waals surface area contributed by atoms with Crippen LogP contribution in [0.1, 0.15) is 12.5 Å². The van der Waals surface area contributed by atoms with Crippen LogP contribution in [-0.2, 0) is 16.0 Å². The largest absolute Gasteiger partial charge is 0.507 e. The topological polar surface area (TPSA) is 66.4 Å². The Balaban J connectivity index is 2.74. The quantitative estimate of drug-likeness (QED) is 0.813. The first kappa shape index (κ1) is 13.0. The lowest BCUT2D eigenvalue weighted by atomic mass is 10.1. The zero-order valence-corrected chi connectivity index (χ0v) is 10.8. The van der Waals surface area contributed by atoms with Gasteiger partial charge in [-0.05, 0) is 40.3 Å². The Labute approximate surface area is 107 Å². The number of halogens is 1. The van der Waals surface area contributed by atoms with Crippen molar-refractivity contribution in [2.75, 3.05) is 0 Å². The van der Waals surface area contributed by atoms with Gasteiger partial charge in [-0.2, -0.15) is 0 Å². The molecule has 1 amide bonds. The number of benzene rings is 1. The maximum atomic E-state index is 10.8. The number of hydrogen-bond acceptors (Lipinski definition) is 3. The van der Waals surface area contributed by atoms with E-state index in [4.69, 9.17) is 0 Å². The molecule has 1 aromatic rings. The van der Waals surface area contributed by atoms with Crippen LogP contribution in [0.5, 0.6) is 5.75 Å². The molecule has 0 saturated heterocycles. The van der Waals surface area contributed by atoms with Gasteiger partial charge < -0.3 is 10.4 Å². The van der Waals surface area contributed by atoms with Crippen molar-refractivity contribution >= 4 is 34.8 Å². The number of phenolic OH excluding ortho intramolecular Hbond substituents is 1. The number of carbonyl (C=O) groups is 1. The second-order valence-electron chi connectivity index (χ2n) is 3.36. The number of aromatic hydroxyl groups is 1. The first-order valence-electron chi connectivity index (χ1n) is 4.65. The molecule has 1 aromatic carbocycles. The van der Waals surface area contributed by atoms with E-state index in [1.807, 2.05) is 22.6 Å². The van der Waals surface area contributed by atoms with Gasteiger partial charge in [0, 0.05) is 13.3 Å². The van der Waals surface area contributed by atoms with Crippen LogP contribution < -0.4 is 5.32 Å². The summed E-state index contributed by atoms with van der Waals surface area (Å²) < 4.78 is 0.711. The average Bonchev–Trinajstić information content (AvgIpc) is 2.22. The fourth-order valence-electron chi connectivity index (χ4n) is 1.28. The van der Waals surface area contributed by atoms with Crippen LogP contribution in [0, 0.1) is 3.57 Å². The number of nitrogens with one attached hydrogen (secondary N) is 1. The van der Waals surface area contributed by atoms with Crippen LogP contribution in [0.4, 0.5) is 0 Å². The average molecular weight is 332 g/mol. The normalized spacial score (nSPS) is 11.9. The van der Waals surface area contributed by atoms with E-state index in [-0.39, 0.29) is 11.7 Å². The summed E-state index contributed by atoms with van der Waals surface area (Å²) in [5.41, 5.74) is 0.865. The van der Waals surface area contributed by atoms with Crippen LogP contribution >= 0.6 is 22.6 Å². The molecule has 0 aliphatic carbocycles. The second kappa shape index (κ2) is 5.83. The molecule has 2 N–H and O–H groups in total. The molecular formula is C11H11INO3. The molecule has 5 heteroatoms. The van der Waals surface area contributed by atoms with E-state index in [1.165, 1.54) is 6.92 Å². The highest BCUT2D eigenvalue weighted by Gasteiger charge is 2.11. The number of phenols is 1. The molecule has 0 heterocycles. The van der Waals surface area contributed by atoms with Crippen molar-refractivity contribution in [1.82, 2.24) is 5.32 Å². The maximum absolute atomic E-state index is 10.8. The molecule has 0 spiro atoms. The van der Waals surface area contributed by atoms with E-state index < -0.39 is 6.04 Å².